The number of likely N-dealkylation sites (N-methyl/N-ethyl adjacent to an activating group) is 1. The zero-order valence-corrected chi connectivity index (χ0v) is 10.9. The molecule has 0 saturated carbocycles. The number of hydrogen-bond acceptors (Lipinski definition) is 4. The zero-order valence-electron chi connectivity index (χ0n) is 10.9. The maximum absolute atomic E-state index is 5.31. The van der Waals surface area contributed by atoms with Gasteiger partial charge in [0.1, 0.15) is 0 Å². The summed E-state index contributed by atoms with van der Waals surface area (Å²) in [4.78, 5) is 2.25. The quantitative estimate of drug-likeness (QED) is 0.528. The van der Waals surface area contributed by atoms with Gasteiger partial charge in [-0.25, -0.2) is 0 Å². The summed E-state index contributed by atoms with van der Waals surface area (Å²) in [5, 5.41) is 7.35. The molecule has 0 aliphatic heterocycles. The summed E-state index contributed by atoms with van der Waals surface area (Å²) in [6.07, 6.45) is 3.04. The fourth-order valence-corrected chi connectivity index (χ4v) is 1.62. The van der Waals surface area contributed by atoms with Crippen molar-refractivity contribution >= 4 is 0 Å². The number of rotatable bonds is 9. The second-order valence-corrected chi connectivity index (χ2v) is 4.08. The van der Waals surface area contributed by atoms with Crippen LogP contribution in [0.2, 0.25) is 0 Å². The second kappa shape index (κ2) is 8.03. The number of hydrogen-bond donors (Lipinski definition) is 1. The van der Waals surface area contributed by atoms with Crippen LogP contribution in [-0.4, -0.2) is 29.7 Å². The number of nitrogens with one attached hydrogen (secondary N) is 1. The molecule has 4 nitrogen and oxygen atoms in total. The molecule has 0 fully saturated rings. The normalized spacial score (nSPS) is 11.0. The summed E-state index contributed by atoms with van der Waals surface area (Å²) < 4.78 is 5.31. The average molecular weight is 237 g/mol. The predicted molar refractivity (Wildman–Crippen MR) is 69.6 cm³/mol. The highest BCUT2D eigenvalue weighted by Gasteiger charge is 2.07. The van der Waals surface area contributed by atoms with Gasteiger partial charge in [0.15, 0.2) is 5.76 Å². The fourth-order valence-electron chi connectivity index (χ4n) is 1.62. The summed E-state index contributed by atoms with van der Waals surface area (Å²) in [6, 6.07) is 2.02. The number of aromatic nitrogens is 1. The first-order valence-corrected chi connectivity index (χ1v) is 6.28. The van der Waals surface area contributed by atoms with Gasteiger partial charge in [-0.3, -0.25) is 4.90 Å². The molecule has 4 heteroatoms. The lowest BCUT2D eigenvalue weighted by Gasteiger charge is -2.15. The second-order valence-electron chi connectivity index (χ2n) is 4.08. The minimum Gasteiger partial charge on any atom is -0.360 e. The lowest BCUT2D eigenvalue weighted by molar-refractivity contribution is 0.261. The molecule has 0 bridgehead atoms. The summed E-state index contributed by atoms with van der Waals surface area (Å²) in [7, 11) is 0. The molecule has 1 aromatic heterocycles. The molecule has 0 unspecified atom stereocenters. The Balaban J connectivity index is 2.41. The first kappa shape index (κ1) is 13.9. The van der Waals surface area contributed by atoms with Crippen LogP contribution < -0.4 is 5.32 Å². The van der Waals surface area contributed by atoms with E-state index in [4.69, 9.17) is 4.52 Å². The Hall–Kier alpha value is -1.13. The molecular weight excluding hydrogens is 214 g/mol. The van der Waals surface area contributed by atoms with Gasteiger partial charge in [0.05, 0.1) is 12.2 Å². The molecular formula is C13H23N3O. The van der Waals surface area contributed by atoms with Crippen molar-refractivity contribution in [3.05, 3.63) is 30.2 Å². The maximum atomic E-state index is 5.31. The standard InChI is InChI=1S/C13H23N3O/c1-4-7-14-10-12-9-13(17-15-12)11-16(6-3)8-5-2/h5,9,14H,2,4,6-8,10-11H2,1,3H3. The van der Waals surface area contributed by atoms with E-state index < -0.39 is 0 Å². The molecule has 0 aromatic carbocycles. The van der Waals surface area contributed by atoms with Gasteiger partial charge in [-0.1, -0.05) is 25.1 Å². The monoisotopic (exact) mass is 237 g/mol. The highest BCUT2D eigenvalue weighted by Crippen LogP contribution is 2.07. The Morgan fingerprint density at radius 2 is 2.35 bits per heavy atom. The van der Waals surface area contributed by atoms with Crippen LogP contribution in [0.15, 0.2) is 23.2 Å². The summed E-state index contributed by atoms with van der Waals surface area (Å²) in [5.41, 5.74) is 0.975. The highest BCUT2D eigenvalue weighted by atomic mass is 16.5. The first-order valence-electron chi connectivity index (χ1n) is 6.28. The lowest BCUT2D eigenvalue weighted by Crippen LogP contribution is -2.22. The van der Waals surface area contributed by atoms with Gasteiger partial charge < -0.3 is 9.84 Å². The van der Waals surface area contributed by atoms with Crippen molar-refractivity contribution in [2.24, 2.45) is 0 Å². The van der Waals surface area contributed by atoms with Gasteiger partial charge in [0, 0.05) is 19.2 Å². The van der Waals surface area contributed by atoms with Gasteiger partial charge in [-0.05, 0) is 19.5 Å². The summed E-state index contributed by atoms with van der Waals surface area (Å²) >= 11 is 0. The molecule has 17 heavy (non-hydrogen) atoms. The Morgan fingerprint density at radius 3 is 3.00 bits per heavy atom. The SMILES string of the molecule is C=CCN(CC)Cc1cc(CNCCC)no1. The summed E-state index contributed by atoms with van der Waals surface area (Å²) in [5.74, 6) is 0.919. The van der Waals surface area contributed by atoms with E-state index in [9.17, 15) is 0 Å². The Bertz CT molecular complexity index is 322. The van der Waals surface area contributed by atoms with Crippen LogP contribution in [0.25, 0.3) is 0 Å². The molecule has 1 N–H and O–H groups in total. The predicted octanol–water partition coefficient (Wildman–Crippen LogP) is 2.18. The Kier molecular flexibility index (Phi) is 6.58. The molecule has 0 atom stereocenters. The lowest BCUT2D eigenvalue weighted by atomic mass is 10.3. The van der Waals surface area contributed by atoms with Crippen molar-refractivity contribution in [2.75, 3.05) is 19.6 Å². The highest BCUT2D eigenvalue weighted by molar-refractivity contribution is 5.05. The minimum atomic E-state index is 0.783. The first-order chi connectivity index (χ1) is 8.30. The third kappa shape index (κ3) is 5.15. The third-order valence-corrected chi connectivity index (χ3v) is 2.55. The molecule has 0 aliphatic carbocycles. The molecule has 0 spiro atoms. The van der Waals surface area contributed by atoms with E-state index in [1.165, 1.54) is 0 Å². The van der Waals surface area contributed by atoms with Crippen LogP contribution in [-0.2, 0) is 13.1 Å². The van der Waals surface area contributed by atoms with Crippen LogP contribution in [0.4, 0.5) is 0 Å². The average Bonchev–Trinajstić information content (AvgIpc) is 2.77. The topological polar surface area (TPSA) is 41.3 Å². The van der Waals surface area contributed by atoms with Crippen molar-refractivity contribution < 1.29 is 4.52 Å². The molecule has 0 saturated heterocycles. The van der Waals surface area contributed by atoms with Crippen molar-refractivity contribution in [3.63, 3.8) is 0 Å². The molecule has 1 rings (SSSR count). The Labute approximate surface area is 104 Å². The molecule has 0 amide bonds. The van der Waals surface area contributed by atoms with Crippen LogP contribution in [0, 0.1) is 0 Å². The van der Waals surface area contributed by atoms with Crippen LogP contribution in [0.3, 0.4) is 0 Å². The van der Waals surface area contributed by atoms with Gasteiger partial charge in [0.2, 0.25) is 0 Å². The van der Waals surface area contributed by atoms with Crippen LogP contribution in [0.5, 0.6) is 0 Å². The van der Waals surface area contributed by atoms with E-state index in [2.05, 4.69) is 35.8 Å². The van der Waals surface area contributed by atoms with E-state index in [0.29, 0.717) is 0 Å². The minimum absolute atomic E-state index is 0.783. The van der Waals surface area contributed by atoms with Crippen molar-refractivity contribution in [2.45, 2.75) is 33.4 Å². The van der Waals surface area contributed by atoms with Crippen LogP contribution in [0.1, 0.15) is 31.7 Å². The van der Waals surface area contributed by atoms with E-state index in [1.54, 1.807) is 0 Å². The Morgan fingerprint density at radius 1 is 1.53 bits per heavy atom. The van der Waals surface area contributed by atoms with Gasteiger partial charge >= 0.3 is 0 Å². The van der Waals surface area contributed by atoms with Gasteiger partial charge in [-0.2, -0.15) is 0 Å². The van der Waals surface area contributed by atoms with E-state index in [0.717, 1.165) is 50.6 Å². The van der Waals surface area contributed by atoms with E-state index in [1.807, 2.05) is 12.1 Å². The van der Waals surface area contributed by atoms with Crippen molar-refractivity contribution in [1.82, 2.24) is 15.4 Å². The molecule has 0 radical (unpaired) electrons. The van der Waals surface area contributed by atoms with Crippen molar-refractivity contribution in [1.29, 1.82) is 0 Å². The third-order valence-electron chi connectivity index (χ3n) is 2.55. The largest absolute Gasteiger partial charge is 0.360 e. The smallest absolute Gasteiger partial charge is 0.151 e. The van der Waals surface area contributed by atoms with E-state index >= 15 is 0 Å². The van der Waals surface area contributed by atoms with E-state index in [-0.39, 0.29) is 0 Å². The van der Waals surface area contributed by atoms with Gasteiger partial charge in [0.25, 0.3) is 0 Å². The molecule has 96 valence electrons. The fraction of sp³-hybridized carbons (Fsp3) is 0.615. The zero-order chi connectivity index (χ0) is 12.5. The maximum Gasteiger partial charge on any atom is 0.151 e. The molecule has 1 aromatic rings. The van der Waals surface area contributed by atoms with Gasteiger partial charge in [-0.15, -0.1) is 6.58 Å². The van der Waals surface area contributed by atoms with Crippen molar-refractivity contribution in [3.8, 4) is 0 Å². The summed E-state index contributed by atoms with van der Waals surface area (Å²) in [6.45, 7) is 12.5. The number of nitrogens with zero attached hydrogens (tertiary/aromatic N) is 2. The molecule has 1 heterocycles. The molecule has 0 aliphatic rings. The van der Waals surface area contributed by atoms with Crippen LogP contribution >= 0.6 is 0 Å².